The van der Waals surface area contributed by atoms with Crippen LogP contribution in [0.3, 0.4) is 0 Å². The first kappa shape index (κ1) is 13.6. The number of nitrogens with zero attached hydrogens (tertiary/aromatic N) is 1. The van der Waals surface area contributed by atoms with E-state index in [1.54, 1.807) is 12.1 Å². The quantitative estimate of drug-likeness (QED) is 0.766. The number of benzene rings is 2. The van der Waals surface area contributed by atoms with E-state index >= 15 is 0 Å². The van der Waals surface area contributed by atoms with Crippen LogP contribution in [-0.4, -0.2) is 13.3 Å². The van der Waals surface area contributed by atoms with Gasteiger partial charge >= 0.3 is 0 Å². The fraction of sp³-hybridized carbons (Fsp3) is 0.188. The highest BCUT2D eigenvalue weighted by atomic mass is 35.5. The maximum atomic E-state index is 11.2. The van der Waals surface area contributed by atoms with Crippen molar-refractivity contribution in [2.45, 2.75) is 13.8 Å². The molecular formula is C16H16ClNO. The lowest BCUT2D eigenvalue weighted by Gasteiger charge is -2.23. The van der Waals surface area contributed by atoms with E-state index in [0.717, 1.165) is 17.7 Å². The molecule has 0 aliphatic rings. The highest BCUT2D eigenvalue weighted by Gasteiger charge is 2.11. The van der Waals surface area contributed by atoms with Crippen LogP contribution in [0.25, 0.3) is 0 Å². The van der Waals surface area contributed by atoms with E-state index in [-0.39, 0.29) is 0 Å². The Balaban J connectivity index is 2.49. The first-order valence-electron chi connectivity index (χ1n) is 6.08. The normalized spacial score (nSPS) is 10.3. The number of halogens is 1. The Morgan fingerprint density at radius 1 is 1.05 bits per heavy atom. The molecule has 0 heterocycles. The lowest BCUT2D eigenvalue weighted by molar-refractivity contribution is 0.112. The number of anilines is 2. The number of carbonyl (C=O) groups excluding carboxylic acids is 1. The van der Waals surface area contributed by atoms with Crippen LogP contribution >= 0.6 is 11.6 Å². The summed E-state index contributed by atoms with van der Waals surface area (Å²) in [6.45, 7) is 4.13. The number of aldehydes is 1. The van der Waals surface area contributed by atoms with Crippen LogP contribution in [-0.2, 0) is 0 Å². The summed E-state index contributed by atoms with van der Waals surface area (Å²) in [5.74, 6) is 0. The molecule has 0 saturated carbocycles. The maximum absolute atomic E-state index is 11.2. The number of hydrogen-bond donors (Lipinski definition) is 0. The first-order chi connectivity index (χ1) is 9.02. The van der Waals surface area contributed by atoms with E-state index in [1.165, 1.54) is 11.1 Å². The highest BCUT2D eigenvalue weighted by Crippen LogP contribution is 2.30. The van der Waals surface area contributed by atoms with Crippen LogP contribution in [0.2, 0.25) is 5.02 Å². The molecule has 0 aliphatic heterocycles. The van der Waals surface area contributed by atoms with E-state index in [2.05, 4.69) is 32.0 Å². The molecular weight excluding hydrogens is 258 g/mol. The molecule has 0 fully saturated rings. The molecule has 0 amide bonds. The Labute approximate surface area is 118 Å². The summed E-state index contributed by atoms with van der Waals surface area (Å²) < 4.78 is 0. The van der Waals surface area contributed by atoms with E-state index in [9.17, 15) is 4.79 Å². The fourth-order valence-electron chi connectivity index (χ4n) is 2.24. The van der Waals surface area contributed by atoms with Crippen molar-refractivity contribution in [3.63, 3.8) is 0 Å². The molecule has 0 aliphatic carbocycles. The zero-order chi connectivity index (χ0) is 14.0. The van der Waals surface area contributed by atoms with Crippen molar-refractivity contribution in [1.29, 1.82) is 0 Å². The number of hydrogen-bond acceptors (Lipinski definition) is 2. The Hall–Kier alpha value is -1.80. The average Bonchev–Trinajstić information content (AvgIpc) is 2.37. The molecule has 2 nitrogen and oxygen atoms in total. The van der Waals surface area contributed by atoms with Crippen molar-refractivity contribution >= 4 is 29.3 Å². The molecule has 19 heavy (non-hydrogen) atoms. The molecule has 0 bridgehead atoms. The van der Waals surface area contributed by atoms with E-state index in [4.69, 9.17) is 11.6 Å². The second kappa shape index (κ2) is 5.45. The van der Waals surface area contributed by atoms with Gasteiger partial charge in [-0.05, 0) is 43.7 Å². The summed E-state index contributed by atoms with van der Waals surface area (Å²) >= 11 is 5.92. The number of carbonyl (C=O) groups is 1. The summed E-state index contributed by atoms with van der Waals surface area (Å²) in [4.78, 5) is 13.2. The topological polar surface area (TPSA) is 20.3 Å². The zero-order valence-electron chi connectivity index (χ0n) is 11.3. The van der Waals surface area contributed by atoms with Gasteiger partial charge in [-0.1, -0.05) is 29.3 Å². The SMILES string of the molecule is Cc1ccc(N(C)c2ccc(Cl)cc2C=O)c(C)c1. The van der Waals surface area contributed by atoms with Crippen molar-refractivity contribution in [3.8, 4) is 0 Å². The Morgan fingerprint density at radius 2 is 1.74 bits per heavy atom. The Kier molecular flexibility index (Phi) is 3.91. The van der Waals surface area contributed by atoms with Gasteiger partial charge in [-0.2, -0.15) is 0 Å². The van der Waals surface area contributed by atoms with Gasteiger partial charge in [-0.15, -0.1) is 0 Å². The van der Waals surface area contributed by atoms with E-state index < -0.39 is 0 Å². The molecule has 0 aromatic heterocycles. The lowest BCUT2D eigenvalue weighted by Crippen LogP contribution is -2.13. The monoisotopic (exact) mass is 273 g/mol. The molecule has 0 unspecified atom stereocenters. The third kappa shape index (κ3) is 2.79. The predicted molar refractivity (Wildman–Crippen MR) is 80.8 cm³/mol. The van der Waals surface area contributed by atoms with Gasteiger partial charge < -0.3 is 4.90 Å². The first-order valence-corrected chi connectivity index (χ1v) is 6.46. The predicted octanol–water partition coefficient (Wildman–Crippen LogP) is 4.54. The minimum Gasteiger partial charge on any atom is -0.344 e. The standard InChI is InChI=1S/C16H16ClNO/c1-11-4-6-15(12(2)8-11)18(3)16-7-5-14(17)9-13(16)10-19/h4-10H,1-3H3. The number of rotatable bonds is 3. The van der Waals surface area contributed by atoms with Gasteiger partial charge in [0.05, 0.1) is 5.69 Å². The smallest absolute Gasteiger partial charge is 0.152 e. The van der Waals surface area contributed by atoms with Gasteiger partial charge in [0.15, 0.2) is 6.29 Å². The maximum Gasteiger partial charge on any atom is 0.152 e. The Morgan fingerprint density at radius 3 is 2.37 bits per heavy atom. The molecule has 0 N–H and O–H groups in total. The van der Waals surface area contributed by atoms with Crippen LogP contribution in [0.4, 0.5) is 11.4 Å². The molecule has 3 heteroatoms. The van der Waals surface area contributed by atoms with Crippen LogP contribution in [0.15, 0.2) is 36.4 Å². The van der Waals surface area contributed by atoms with Crippen LogP contribution in [0.5, 0.6) is 0 Å². The molecule has 2 rings (SSSR count). The third-order valence-corrected chi connectivity index (χ3v) is 3.43. The minimum absolute atomic E-state index is 0.569. The van der Waals surface area contributed by atoms with Crippen molar-refractivity contribution in [3.05, 3.63) is 58.1 Å². The second-order valence-electron chi connectivity index (χ2n) is 4.67. The molecule has 0 atom stereocenters. The fourth-order valence-corrected chi connectivity index (χ4v) is 2.42. The van der Waals surface area contributed by atoms with Crippen molar-refractivity contribution in [2.24, 2.45) is 0 Å². The molecule has 2 aromatic carbocycles. The van der Waals surface area contributed by atoms with Gasteiger partial charge in [0.2, 0.25) is 0 Å². The molecule has 0 spiro atoms. The van der Waals surface area contributed by atoms with Crippen LogP contribution in [0, 0.1) is 13.8 Å². The van der Waals surface area contributed by atoms with Gasteiger partial charge in [0.1, 0.15) is 0 Å². The van der Waals surface area contributed by atoms with Crippen LogP contribution in [0.1, 0.15) is 21.5 Å². The Bertz CT molecular complexity index is 622. The summed E-state index contributed by atoms with van der Waals surface area (Å²) in [6.07, 6.45) is 0.835. The largest absolute Gasteiger partial charge is 0.344 e. The van der Waals surface area contributed by atoms with Gasteiger partial charge in [-0.25, -0.2) is 0 Å². The van der Waals surface area contributed by atoms with Gasteiger partial charge in [-0.3, -0.25) is 4.79 Å². The summed E-state index contributed by atoms with van der Waals surface area (Å²) in [5, 5.41) is 0.569. The molecule has 0 saturated heterocycles. The van der Waals surface area contributed by atoms with Crippen molar-refractivity contribution in [2.75, 3.05) is 11.9 Å². The molecule has 98 valence electrons. The van der Waals surface area contributed by atoms with Crippen molar-refractivity contribution < 1.29 is 4.79 Å². The molecule has 2 aromatic rings. The summed E-state index contributed by atoms with van der Waals surface area (Å²) in [7, 11) is 1.95. The summed E-state index contributed by atoms with van der Waals surface area (Å²) in [6, 6.07) is 11.6. The zero-order valence-corrected chi connectivity index (χ0v) is 12.0. The van der Waals surface area contributed by atoms with Crippen LogP contribution < -0.4 is 4.90 Å². The lowest BCUT2D eigenvalue weighted by atomic mass is 10.1. The molecule has 0 radical (unpaired) electrons. The van der Waals surface area contributed by atoms with E-state index in [0.29, 0.717) is 10.6 Å². The second-order valence-corrected chi connectivity index (χ2v) is 5.11. The average molecular weight is 274 g/mol. The highest BCUT2D eigenvalue weighted by molar-refractivity contribution is 6.31. The number of aryl methyl sites for hydroxylation is 2. The summed E-state index contributed by atoms with van der Waals surface area (Å²) in [5.41, 5.74) is 4.92. The third-order valence-electron chi connectivity index (χ3n) is 3.19. The van der Waals surface area contributed by atoms with Gasteiger partial charge in [0.25, 0.3) is 0 Å². The minimum atomic E-state index is 0.569. The van der Waals surface area contributed by atoms with E-state index in [1.807, 2.05) is 18.0 Å². The van der Waals surface area contributed by atoms with Crippen molar-refractivity contribution in [1.82, 2.24) is 0 Å². The van der Waals surface area contributed by atoms with Gasteiger partial charge in [0, 0.05) is 23.3 Å².